The molecule has 0 unspecified atom stereocenters. The number of hydrogen-bond acceptors (Lipinski definition) is 4. The first-order chi connectivity index (χ1) is 11.7. The zero-order chi connectivity index (χ0) is 18.4. The van der Waals surface area contributed by atoms with Gasteiger partial charge in [-0.15, -0.1) is 0 Å². The maximum atomic E-state index is 13.2. The Balaban J connectivity index is 2.32. The summed E-state index contributed by atoms with van der Waals surface area (Å²) in [6.45, 7) is 12.2. The van der Waals surface area contributed by atoms with E-state index in [1.54, 1.807) is 6.92 Å². The van der Waals surface area contributed by atoms with Crippen molar-refractivity contribution in [3.05, 3.63) is 57.6 Å². The topological polar surface area (TPSA) is 44.8 Å². The van der Waals surface area contributed by atoms with Gasteiger partial charge in [0.15, 0.2) is 0 Å². The minimum atomic E-state index is -3.76. The van der Waals surface area contributed by atoms with Crippen LogP contribution in [-0.4, -0.2) is 6.61 Å². The third-order valence-corrected chi connectivity index (χ3v) is 5.91. The number of fused-ring (bicyclic) bond motifs is 2. The second-order valence-corrected chi connectivity index (χ2v) is 8.29. The van der Waals surface area contributed by atoms with E-state index in [-0.39, 0.29) is 12.5 Å². The fourth-order valence-electron chi connectivity index (χ4n) is 3.49. The summed E-state index contributed by atoms with van der Waals surface area (Å²) in [5.74, 6) is 1.25. The van der Waals surface area contributed by atoms with Crippen molar-refractivity contribution in [2.24, 2.45) is 0 Å². The molecular formula is C20H25O4P. The standard InChI is InChI=1S/C20H25O4P/c1-7-22-25(21)23-19-14(4)8-12(2)10-17(19)16(6)18-11-13(3)9-15(5)20(18)24-25/h8-11,16H,7H2,1-6H3. The van der Waals surface area contributed by atoms with E-state index in [0.717, 1.165) is 33.4 Å². The summed E-state index contributed by atoms with van der Waals surface area (Å²) in [6, 6.07) is 8.23. The van der Waals surface area contributed by atoms with Crippen molar-refractivity contribution in [3.63, 3.8) is 0 Å². The number of aryl methyl sites for hydroxylation is 4. The highest BCUT2D eigenvalue weighted by molar-refractivity contribution is 7.49. The van der Waals surface area contributed by atoms with Crippen LogP contribution in [0.4, 0.5) is 0 Å². The molecule has 2 aromatic rings. The van der Waals surface area contributed by atoms with Gasteiger partial charge in [0.2, 0.25) is 0 Å². The predicted molar refractivity (Wildman–Crippen MR) is 99.8 cm³/mol. The van der Waals surface area contributed by atoms with Crippen molar-refractivity contribution in [1.82, 2.24) is 0 Å². The third kappa shape index (κ3) is 3.33. The number of rotatable bonds is 2. The van der Waals surface area contributed by atoms with Crippen molar-refractivity contribution in [2.45, 2.75) is 47.5 Å². The predicted octanol–water partition coefficient (Wildman–Crippen LogP) is 5.99. The molecular weight excluding hydrogens is 335 g/mol. The van der Waals surface area contributed by atoms with Gasteiger partial charge in [-0.2, -0.15) is 0 Å². The smallest absolute Gasteiger partial charge is 0.394 e. The molecule has 0 fully saturated rings. The first-order valence-corrected chi connectivity index (χ1v) is 10.1. The zero-order valence-corrected chi connectivity index (χ0v) is 16.6. The third-order valence-electron chi connectivity index (χ3n) is 4.52. The average Bonchev–Trinajstić information content (AvgIpc) is 2.51. The van der Waals surface area contributed by atoms with Crippen molar-refractivity contribution >= 4 is 7.82 Å². The lowest BCUT2D eigenvalue weighted by atomic mass is 9.87. The lowest BCUT2D eigenvalue weighted by Gasteiger charge is -2.29. The quantitative estimate of drug-likeness (QED) is 0.617. The van der Waals surface area contributed by atoms with Crippen LogP contribution in [0.15, 0.2) is 24.3 Å². The Hall–Kier alpha value is -1.77. The SMILES string of the molecule is CCOP1(=O)Oc2c(C)cc(C)cc2C(C)c2cc(C)cc(C)c2O1. The summed E-state index contributed by atoms with van der Waals surface area (Å²) in [5, 5.41) is 0. The van der Waals surface area contributed by atoms with E-state index in [1.165, 1.54) is 0 Å². The van der Waals surface area contributed by atoms with Crippen LogP contribution in [0, 0.1) is 27.7 Å². The summed E-state index contributed by atoms with van der Waals surface area (Å²) in [4.78, 5) is 0. The van der Waals surface area contributed by atoms with Gasteiger partial charge in [0.25, 0.3) is 0 Å². The Kier molecular flexibility index (Phi) is 4.70. The maximum absolute atomic E-state index is 13.2. The van der Waals surface area contributed by atoms with Gasteiger partial charge < -0.3 is 9.05 Å². The molecule has 134 valence electrons. The number of phosphoric ester groups is 1. The van der Waals surface area contributed by atoms with E-state index in [0.29, 0.717) is 11.5 Å². The van der Waals surface area contributed by atoms with Crippen molar-refractivity contribution in [3.8, 4) is 11.5 Å². The molecule has 0 aromatic heterocycles. The van der Waals surface area contributed by atoms with Gasteiger partial charge in [0.05, 0.1) is 6.61 Å². The van der Waals surface area contributed by atoms with E-state index in [9.17, 15) is 4.57 Å². The molecule has 3 rings (SSSR count). The van der Waals surface area contributed by atoms with Crippen LogP contribution < -0.4 is 9.05 Å². The summed E-state index contributed by atoms with van der Waals surface area (Å²) in [6.07, 6.45) is 0. The molecule has 1 aliphatic rings. The average molecular weight is 360 g/mol. The van der Waals surface area contributed by atoms with Crippen molar-refractivity contribution in [1.29, 1.82) is 0 Å². The Morgan fingerprint density at radius 3 is 1.76 bits per heavy atom. The van der Waals surface area contributed by atoms with Crippen LogP contribution in [0.3, 0.4) is 0 Å². The minimum Gasteiger partial charge on any atom is -0.394 e. The molecule has 0 spiro atoms. The fourth-order valence-corrected chi connectivity index (χ4v) is 4.89. The Labute approximate surface area is 149 Å². The van der Waals surface area contributed by atoms with Gasteiger partial charge in [-0.3, -0.25) is 4.52 Å². The van der Waals surface area contributed by atoms with E-state index >= 15 is 0 Å². The minimum absolute atomic E-state index is 0.0533. The van der Waals surface area contributed by atoms with Gasteiger partial charge in [-0.05, 0) is 45.7 Å². The molecule has 0 saturated heterocycles. The van der Waals surface area contributed by atoms with Crippen LogP contribution in [0.2, 0.25) is 0 Å². The first-order valence-electron chi connectivity index (χ1n) is 8.60. The highest BCUT2D eigenvalue weighted by Gasteiger charge is 2.37. The molecule has 25 heavy (non-hydrogen) atoms. The normalized spacial score (nSPS) is 22.1. The van der Waals surface area contributed by atoms with Gasteiger partial charge in [0.1, 0.15) is 11.5 Å². The zero-order valence-electron chi connectivity index (χ0n) is 15.7. The molecule has 1 aliphatic heterocycles. The molecule has 0 radical (unpaired) electrons. The molecule has 1 heterocycles. The monoisotopic (exact) mass is 360 g/mol. The summed E-state index contributed by atoms with van der Waals surface area (Å²) >= 11 is 0. The highest BCUT2D eigenvalue weighted by Crippen LogP contribution is 2.56. The van der Waals surface area contributed by atoms with Crippen molar-refractivity contribution < 1.29 is 18.1 Å². The molecule has 4 nitrogen and oxygen atoms in total. The van der Waals surface area contributed by atoms with Crippen LogP contribution >= 0.6 is 7.82 Å². The number of benzene rings is 2. The summed E-state index contributed by atoms with van der Waals surface area (Å²) in [5.41, 5.74) is 6.16. The fraction of sp³-hybridized carbons (Fsp3) is 0.400. The largest absolute Gasteiger partial charge is 0.587 e. The molecule has 5 heteroatoms. The van der Waals surface area contributed by atoms with Crippen LogP contribution in [0.1, 0.15) is 53.1 Å². The molecule has 0 aliphatic carbocycles. The second-order valence-electron chi connectivity index (χ2n) is 6.77. The Bertz CT molecular complexity index is 807. The number of hydrogen-bond donors (Lipinski definition) is 0. The summed E-state index contributed by atoms with van der Waals surface area (Å²) in [7, 11) is -3.76. The first kappa shape index (κ1) is 18.0. The van der Waals surface area contributed by atoms with Gasteiger partial charge in [0, 0.05) is 17.0 Å². The van der Waals surface area contributed by atoms with E-state index < -0.39 is 7.82 Å². The highest BCUT2D eigenvalue weighted by atomic mass is 31.2. The Morgan fingerprint density at radius 1 is 0.920 bits per heavy atom. The second kappa shape index (κ2) is 6.51. The van der Waals surface area contributed by atoms with Gasteiger partial charge in [-0.25, -0.2) is 4.57 Å². The van der Waals surface area contributed by atoms with E-state index in [4.69, 9.17) is 13.6 Å². The van der Waals surface area contributed by atoms with Crippen LogP contribution in [-0.2, 0) is 9.09 Å². The molecule has 2 aromatic carbocycles. The Morgan fingerprint density at radius 2 is 1.36 bits per heavy atom. The lowest BCUT2D eigenvalue weighted by molar-refractivity contribution is 0.215. The van der Waals surface area contributed by atoms with E-state index in [2.05, 4.69) is 32.9 Å². The van der Waals surface area contributed by atoms with Gasteiger partial charge >= 0.3 is 7.82 Å². The lowest BCUT2D eigenvalue weighted by Crippen LogP contribution is -2.14. The molecule has 0 N–H and O–H groups in total. The molecule has 0 bridgehead atoms. The molecule has 0 atom stereocenters. The maximum Gasteiger partial charge on any atom is 0.587 e. The van der Waals surface area contributed by atoms with Crippen LogP contribution in [0.25, 0.3) is 0 Å². The molecule has 0 saturated carbocycles. The number of phosphoric acid groups is 1. The van der Waals surface area contributed by atoms with E-state index in [1.807, 2.05) is 26.0 Å². The van der Waals surface area contributed by atoms with Gasteiger partial charge in [-0.1, -0.05) is 42.3 Å². The van der Waals surface area contributed by atoms with Crippen LogP contribution in [0.5, 0.6) is 11.5 Å². The van der Waals surface area contributed by atoms with Crippen molar-refractivity contribution in [2.75, 3.05) is 6.61 Å². The molecule has 0 amide bonds. The summed E-state index contributed by atoms with van der Waals surface area (Å²) < 4.78 is 30.4.